The Morgan fingerprint density at radius 1 is 1.33 bits per heavy atom. The van der Waals surface area contributed by atoms with Crippen LogP contribution in [0.2, 0.25) is 0 Å². The molecule has 0 bridgehead atoms. The molecule has 1 aliphatic carbocycles. The highest BCUT2D eigenvalue weighted by molar-refractivity contribution is 5.92. The lowest BCUT2D eigenvalue weighted by Gasteiger charge is -2.22. The molecule has 1 aromatic heterocycles. The minimum absolute atomic E-state index is 0.0883. The predicted octanol–water partition coefficient (Wildman–Crippen LogP) is 1.51. The van der Waals surface area contributed by atoms with Crippen molar-refractivity contribution in [3.8, 4) is 0 Å². The van der Waals surface area contributed by atoms with E-state index >= 15 is 0 Å². The van der Waals surface area contributed by atoms with Gasteiger partial charge >= 0.3 is 0 Å². The summed E-state index contributed by atoms with van der Waals surface area (Å²) in [6, 6.07) is 0.594. The molecule has 116 valence electrons. The van der Waals surface area contributed by atoms with Gasteiger partial charge in [-0.05, 0) is 51.6 Å². The van der Waals surface area contributed by atoms with Gasteiger partial charge in [-0.2, -0.15) is 0 Å². The number of hydrogen-bond donors (Lipinski definition) is 2. The maximum Gasteiger partial charge on any atom is 0.273 e. The highest BCUT2D eigenvalue weighted by atomic mass is 16.2. The first-order valence-electron chi connectivity index (χ1n) is 8.17. The Hall–Kier alpha value is -1.43. The van der Waals surface area contributed by atoms with Gasteiger partial charge in [-0.1, -0.05) is 18.1 Å². The molecule has 0 radical (unpaired) electrons. The molecule has 0 unspecified atom stereocenters. The molecule has 6 nitrogen and oxygen atoms in total. The first kappa shape index (κ1) is 14.5. The van der Waals surface area contributed by atoms with E-state index in [0.717, 1.165) is 25.9 Å². The van der Waals surface area contributed by atoms with Gasteiger partial charge in [-0.25, -0.2) is 4.68 Å². The lowest BCUT2D eigenvalue weighted by Crippen LogP contribution is -2.37. The van der Waals surface area contributed by atoms with Crippen molar-refractivity contribution in [2.75, 3.05) is 13.1 Å². The highest BCUT2D eigenvalue weighted by Crippen LogP contribution is 2.27. The molecule has 0 aromatic carbocycles. The van der Waals surface area contributed by atoms with E-state index < -0.39 is 0 Å². The molecule has 21 heavy (non-hydrogen) atoms. The third kappa shape index (κ3) is 3.43. The Bertz CT molecular complexity index is 474. The Kier molecular flexibility index (Phi) is 4.53. The van der Waals surface area contributed by atoms with Crippen LogP contribution in [0.5, 0.6) is 0 Å². The van der Waals surface area contributed by atoms with Gasteiger partial charge in [-0.3, -0.25) is 4.79 Å². The number of aromatic nitrogens is 3. The SMILES string of the molecule is C[C@H](NC(=O)c1cn(C2CCNCC2)nn1)C1CCCC1. The second-order valence-electron chi connectivity index (χ2n) is 6.37. The summed E-state index contributed by atoms with van der Waals surface area (Å²) >= 11 is 0. The standard InChI is InChI=1S/C15H25N5O/c1-11(12-4-2-3-5-12)17-15(21)14-10-20(19-18-14)13-6-8-16-9-7-13/h10-13,16H,2-9H2,1H3,(H,17,21)/t11-/m0/s1. The lowest BCUT2D eigenvalue weighted by molar-refractivity contribution is 0.0922. The van der Waals surface area contributed by atoms with Gasteiger partial charge in [0.1, 0.15) is 0 Å². The summed E-state index contributed by atoms with van der Waals surface area (Å²) in [7, 11) is 0. The molecule has 6 heteroatoms. The number of piperidine rings is 1. The Morgan fingerprint density at radius 2 is 2.05 bits per heavy atom. The van der Waals surface area contributed by atoms with Crippen LogP contribution in [0.4, 0.5) is 0 Å². The molecule has 1 amide bonds. The van der Waals surface area contributed by atoms with Gasteiger partial charge in [-0.15, -0.1) is 5.10 Å². The van der Waals surface area contributed by atoms with Crippen LogP contribution in [0.15, 0.2) is 6.20 Å². The fourth-order valence-electron chi connectivity index (χ4n) is 3.49. The van der Waals surface area contributed by atoms with E-state index in [0.29, 0.717) is 17.7 Å². The van der Waals surface area contributed by atoms with E-state index in [1.807, 2.05) is 4.68 Å². The van der Waals surface area contributed by atoms with Crippen molar-refractivity contribution >= 4 is 5.91 Å². The Balaban J connectivity index is 1.58. The molecule has 2 aliphatic rings. The number of rotatable bonds is 4. The van der Waals surface area contributed by atoms with Crippen molar-refractivity contribution in [2.24, 2.45) is 5.92 Å². The van der Waals surface area contributed by atoms with Crippen molar-refractivity contribution in [3.05, 3.63) is 11.9 Å². The summed E-state index contributed by atoms with van der Waals surface area (Å²) in [5.74, 6) is 0.531. The molecule has 1 aliphatic heterocycles. The molecule has 2 heterocycles. The number of hydrogen-bond acceptors (Lipinski definition) is 4. The molecule has 1 atom stereocenters. The van der Waals surface area contributed by atoms with E-state index in [4.69, 9.17) is 0 Å². The first-order valence-corrected chi connectivity index (χ1v) is 8.17. The Morgan fingerprint density at radius 3 is 2.76 bits per heavy atom. The minimum atomic E-state index is -0.0883. The second-order valence-corrected chi connectivity index (χ2v) is 6.37. The van der Waals surface area contributed by atoms with Gasteiger partial charge in [0.25, 0.3) is 5.91 Å². The van der Waals surface area contributed by atoms with Crippen molar-refractivity contribution in [2.45, 2.75) is 57.5 Å². The third-order valence-corrected chi connectivity index (χ3v) is 4.89. The third-order valence-electron chi connectivity index (χ3n) is 4.89. The average molecular weight is 291 g/mol. The number of nitrogens with zero attached hydrogens (tertiary/aromatic N) is 3. The van der Waals surface area contributed by atoms with Gasteiger partial charge < -0.3 is 10.6 Å². The number of nitrogens with one attached hydrogen (secondary N) is 2. The van der Waals surface area contributed by atoms with E-state index in [9.17, 15) is 4.79 Å². The van der Waals surface area contributed by atoms with Crippen molar-refractivity contribution in [1.29, 1.82) is 0 Å². The zero-order valence-electron chi connectivity index (χ0n) is 12.7. The summed E-state index contributed by atoms with van der Waals surface area (Å²) < 4.78 is 1.86. The number of amides is 1. The van der Waals surface area contributed by atoms with Gasteiger partial charge in [0.15, 0.2) is 5.69 Å². The van der Waals surface area contributed by atoms with Crippen LogP contribution in [0.3, 0.4) is 0 Å². The van der Waals surface area contributed by atoms with E-state index in [1.165, 1.54) is 25.7 Å². The van der Waals surface area contributed by atoms with Crippen molar-refractivity contribution in [1.82, 2.24) is 25.6 Å². The van der Waals surface area contributed by atoms with Crippen LogP contribution in [-0.2, 0) is 0 Å². The summed E-state index contributed by atoms with van der Waals surface area (Å²) in [4.78, 5) is 12.3. The van der Waals surface area contributed by atoms with E-state index in [1.54, 1.807) is 6.20 Å². The normalized spacial score (nSPS) is 22.3. The maximum atomic E-state index is 12.3. The summed E-state index contributed by atoms with van der Waals surface area (Å²) in [6.45, 7) is 4.11. The fraction of sp³-hybridized carbons (Fsp3) is 0.800. The van der Waals surface area contributed by atoms with Gasteiger partial charge in [0.2, 0.25) is 0 Å². The molecule has 1 saturated carbocycles. The molecule has 3 rings (SSSR count). The second kappa shape index (κ2) is 6.56. The highest BCUT2D eigenvalue weighted by Gasteiger charge is 2.24. The average Bonchev–Trinajstić information content (AvgIpc) is 3.20. The maximum absolute atomic E-state index is 12.3. The van der Waals surface area contributed by atoms with Crippen LogP contribution in [0.1, 0.15) is 62.0 Å². The van der Waals surface area contributed by atoms with Crippen LogP contribution in [-0.4, -0.2) is 40.0 Å². The molecular formula is C15H25N5O. The molecule has 1 saturated heterocycles. The molecular weight excluding hydrogens is 266 g/mol. The summed E-state index contributed by atoms with van der Waals surface area (Å²) in [5, 5.41) is 14.6. The van der Waals surface area contributed by atoms with E-state index in [2.05, 4.69) is 27.9 Å². The molecule has 2 N–H and O–H groups in total. The van der Waals surface area contributed by atoms with Crippen molar-refractivity contribution in [3.63, 3.8) is 0 Å². The summed E-state index contributed by atoms with van der Waals surface area (Å²) in [6.07, 6.45) is 8.92. The largest absolute Gasteiger partial charge is 0.348 e. The van der Waals surface area contributed by atoms with Crippen LogP contribution in [0, 0.1) is 5.92 Å². The molecule has 2 fully saturated rings. The Labute approximate surface area is 125 Å². The van der Waals surface area contributed by atoms with E-state index in [-0.39, 0.29) is 11.9 Å². The summed E-state index contributed by atoms with van der Waals surface area (Å²) in [5.41, 5.74) is 0.443. The first-order chi connectivity index (χ1) is 10.2. The quantitative estimate of drug-likeness (QED) is 0.882. The zero-order chi connectivity index (χ0) is 14.7. The lowest BCUT2D eigenvalue weighted by atomic mass is 10.00. The molecule has 1 aromatic rings. The molecule has 0 spiro atoms. The smallest absolute Gasteiger partial charge is 0.273 e. The minimum Gasteiger partial charge on any atom is -0.348 e. The topological polar surface area (TPSA) is 71.8 Å². The number of carbonyl (C=O) groups excluding carboxylic acids is 1. The fourth-order valence-corrected chi connectivity index (χ4v) is 3.49. The van der Waals surface area contributed by atoms with Crippen LogP contribution < -0.4 is 10.6 Å². The van der Waals surface area contributed by atoms with Gasteiger partial charge in [0, 0.05) is 6.04 Å². The van der Waals surface area contributed by atoms with Gasteiger partial charge in [0.05, 0.1) is 12.2 Å². The van der Waals surface area contributed by atoms with Crippen molar-refractivity contribution < 1.29 is 4.79 Å². The monoisotopic (exact) mass is 291 g/mol. The zero-order valence-corrected chi connectivity index (χ0v) is 12.7. The number of carbonyl (C=O) groups is 1. The van der Waals surface area contributed by atoms with Crippen LogP contribution >= 0.6 is 0 Å². The predicted molar refractivity (Wildman–Crippen MR) is 80.0 cm³/mol. The van der Waals surface area contributed by atoms with Crippen LogP contribution in [0.25, 0.3) is 0 Å².